The Morgan fingerprint density at radius 3 is 2.56 bits per heavy atom. The van der Waals surface area contributed by atoms with Gasteiger partial charge in [-0.05, 0) is 31.1 Å². The Morgan fingerprint density at radius 2 is 1.92 bits per heavy atom. The van der Waals surface area contributed by atoms with Crippen LogP contribution in [0.3, 0.4) is 0 Å². The van der Waals surface area contributed by atoms with Gasteiger partial charge in [-0.3, -0.25) is 4.99 Å². The van der Waals surface area contributed by atoms with Gasteiger partial charge in [0.1, 0.15) is 6.10 Å². The summed E-state index contributed by atoms with van der Waals surface area (Å²) in [6.07, 6.45) is 5.04. The molecular formula is C17H31N3O4S. The first-order valence-corrected chi connectivity index (χ1v) is 11.2. The van der Waals surface area contributed by atoms with Gasteiger partial charge in [-0.25, -0.2) is 8.42 Å². The molecule has 2 N–H and O–H groups in total. The topological polar surface area (TPSA) is 89.0 Å². The van der Waals surface area contributed by atoms with Gasteiger partial charge in [0.15, 0.2) is 21.6 Å². The third-order valence-electron chi connectivity index (χ3n) is 5.56. The fraction of sp³-hybridized carbons (Fsp3) is 0.941. The summed E-state index contributed by atoms with van der Waals surface area (Å²) in [6.45, 7) is 4.16. The van der Waals surface area contributed by atoms with Gasteiger partial charge < -0.3 is 20.1 Å². The van der Waals surface area contributed by atoms with E-state index in [0.29, 0.717) is 31.4 Å². The second kappa shape index (κ2) is 7.80. The van der Waals surface area contributed by atoms with Crippen molar-refractivity contribution in [3.05, 3.63) is 0 Å². The van der Waals surface area contributed by atoms with Crippen molar-refractivity contribution in [3.8, 4) is 0 Å². The molecule has 3 rings (SSSR count). The van der Waals surface area contributed by atoms with Crippen LogP contribution in [-0.2, 0) is 19.3 Å². The van der Waals surface area contributed by atoms with E-state index in [9.17, 15) is 8.42 Å². The van der Waals surface area contributed by atoms with E-state index in [1.807, 2.05) is 0 Å². The van der Waals surface area contributed by atoms with Crippen LogP contribution in [0.15, 0.2) is 4.99 Å². The molecule has 0 amide bonds. The van der Waals surface area contributed by atoms with E-state index in [-0.39, 0.29) is 23.6 Å². The molecule has 8 heteroatoms. The minimum absolute atomic E-state index is 0.0267. The predicted molar refractivity (Wildman–Crippen MR) is 97.3 cm³/mol. The highest BCUT2D eigenvalue weighted by atomic mass is 32.2. The van der Waals surface area contributed by atoms with Crippen molar-refractivity contribution in [2.45, 2.75) is 50.9 Å². The third-order valence-corrected chi connectivity index (χ3v) is 7.39. The van der Waals surface area contributed by atoms with Crippen molar-refractivity contribution in [3.63, 3.8) is 0 Å². The van der Waals surface area contributed by atoms with Crippen LogP contribution in [0.4, 0.5) is 0 Å². The van der Waals surface area contributed by atoms with Crippen molar-refractivity contribution in [2.75, 3.05) is 38.2 Å². The van der Waals surface area contributed by atoms with Gasteiger partial charge in [0.05, 0.1) is 18.1 Å². The maximum atomic E-state index is 11.5. The summed E-state index contributed by atoms with van der Waals surface area (Å²) in [4.78, 5) is 4.21. The average Bonchev–Trinajstić information content (AvgIpc) is 3.14. The molecule has 0 aromatic carbocycles. The molecule has 2 aliphatic heterocycles. The van der Waals surface area contributed by atoms with E-state index in [0.717, 1.165) is 38.0 Å². The van der Waals surface area contributed by atoms with Gasteiger partial charge in [0.2, 0.25) is 0 Å². The molecule has 0 radical (unpaired) electrons. The fourth-order valence-corrected chi connectivity index (χ4v) is 5.75. The minimum Gasteiger partial charge on any atom is -0.356 e. The highest BCUT2D eigenvalue weighted by molar-refractivity contribution is 7.91. The molecule has 144 valence electrons. The lowest BCUT2D eigenvalue weighted by Crippen LogP contribution is -2.44. The van der Waals surface area contributed by atoms with E-state index in [1.54, 1.807) is 7.05 Å². The summed E-state index contributed by atoms with van der Waals surface area (Å²) in [6, 6.07) is 0. The first kappa shape index (κ1) is 18.9. The lowest BCUT2D eigenvalue weighted by molar-refractivity contribution is -0.191. The maximum Gasteiger partial charge on any atom is 0.191 e. The summed E-state index contributed by atoms with van der Waals surface area (Å²) in [5.41, 5.74) is 0. The standard InChI is InChI=1S/C17H31N3O4S/c1-13-3-6-17(7-4-13)23-11-15(24-17)10-20-16(18-2)19-9-14-5-8-25(21,22)12-14/h13-15H,3-12H2,1-2H3,(H2,18,19,20). The molecule has 7 nitrogen and oxygen atoms in total. The highest BCUT2D eigenvalue weighted by Crippen LogP contribution is 2.39. The Labute approximate surface area is 150 Å². The molecule has 3 aliphatic rings. The molecular weight excluding hydrogens is 342 g/mol. The zero-order valence-electron chi connectivity index (χ0n) is 15.3. The SMILES string of the molecule is CN=C(NCC1CCS(=O)(=O)C1)NCC1COC2(CCC(C)CC2)O1. The fourth-order valence-electron chi connectivity index (χ4n) is 3.89. The van der Waals surface area contributed by atoms with Gasteiger partial charge >= 0.3 is 0 Å². The Bertz CT molecular complexity index is 585. The largest absolute Gasteiger partial charge is 0.356 e. The van der Waals surface area contributed by atoms with Crippen molar-refractivity contribution in [1.29, 1.82) is 0 Å². The van der Waals surface area contributed by atoms with E-state index in [2.05, 4.69) is 22.5 Å². The molecule has 0 aromatic heterocycles. The Kier molecular flexibility index (Phi) is 5.90. The molecule has 2 atom stereocenters. The van der Waals surface area contributed by atoms with Crippen molar-refractivity contribution < 1.29 is 17.9 Å². The van der Waals surface area contributed by atoms with Crippen LogP contribution in [0, 0.1) is 11.8 Å². The molecule has 0 bridgehead atoms. The van der Waals surface area contributed by atoms with Gasteiger partial charge in [0, 0.05) is 33.0 Å². The molecule has 1 saturated carbocycles. The predicted octanol–water partition coefficient (Wildman–Crippen LogP) is 0.908. The first-order chi connectivity index (χ1) is 11.9. The molecule has 0 aromatic rings. The third kappa shape index (κ3) is 5.08. The number of sulfone groups is 1. The Morgan fingerprint density at radius 1 is 1.20 bits per heavy atom. The summed E-state index contributed by atoms with van der Waals surface area (Å²) >= 11 is 0. The Hall–Kier alpha value is -0.860. The van der Waals surface area contributed by atoms with Crippen LogP contribution in [-0.4, -0.2) is 64.5 Å². The average molecular weight is 374 g/mol. The molecule has 1 aliphatic carbocycles. The van der Waals surface area contributed by atoms with E-state index >= 15 is 0 Å². The molecule has 1 spiro atoms. The number of rotatable bonds is 4. The van der Waals surface area contributed by atoms with Crippen LogP contribution in [0.2, 0.25) is 0 Å². The van der Waals surface area contributed by atoms with Crippen molar-refractivity contribution in [1.82, 2.24) is 10.6 Å². The molecule has 2 heterocycles. The monoisotopic (exact) mass is 373 g/mol. The van der Waals surface area contributed by atoms with Crippen LogP contribution >= 0.6 is 0 Å². The minimum atomic E-state index is -2.83. The molecule has 25 heavy (non-hydrogen) atoms. The number of nitrogens with one attached hydrogen (secondary N) is 2. The number of aliphatic imine (C=N–C) groups is 1. The zero-order chi connectivity index (χ0) is 17.9. The normalized spacial score (nSPS) is 38.2. The second-order valence-electron chi connectivity index (χ2n) is 7.75. The lowest BCUT2D eigenvalue weighted by atomic mass is 9.86. The summed E-state index contributed by atoms with van der Waals surface area (Å²) < 4.78 is 35.2. The van der Waals surface area contributed by atoms with Crippen LogP contribution in [0.5, 0.6) is 0 Å². The summed E-state index contributed by atoms with van der Waals surface area (Å²) in [5.74, 6) is 1.83. The van der Waals surface area contributed by atoms with E-state index in [4.69, 9.17) is 9.47 Å². The number of nitrogens with zero attached hydrogens (tertiary/aromatic N) is 1. The quantitative estimate of drug-likeness (QED) is 0.562. The van der Waals surface area contributed by atoms with Gasteiger partial charge in [-0.2, -0.15) is 0 Å². The van der Waals surface area contributed by atoms with Crippen LogP contribution < -0.4 is 10.6 Å². The molecule has 3 fully saturated rings. The van der Waals surface area contributed by atoms with Gasteiger partial charge in [-0.1, -0.05) is 6.92 Å². The van der Waals surface area contributed by atoms with Gasteiger partial charge in [0.25, 0.3) is 0 Å². The van der Waals surface area contributed by atoms with E-state index < -0.39 is 9.84 Å². The Balaban J connectivity index is 1.39. The van der Waals surface area contributed by atoms with Crippen molar-refractivity contribution in [2.24, 2.45) is 16.8 Å². The van der Waals surface area contributed by atoms with E-state index in [1.165, 1.54) is 0 Å². The summed E-state index contributed by atoms with van der Waals surface area (Å²) in [5, 5.41) is 6.50. The number of ether oxygens (including phenoxy) is 2. The van der Waals surface area contributed by atoms with Gasteiger partial charge in [-0.15, -0.1) is 0 Å². The van der Waals surface area contributed by atoms with Crippen LogP contribution in [0.1, 0.15) is 39.0 Å². The number of hydrogen-bond acceptors (Lipinski definition) is 5. The maximum absolute atomic E-state index is 11.5. The zero-order valence-corrected chi connectivity index (χ0v) is 16.1. The highest BCUT2D eigenvalue weighted by Gasteiger charge is 2.43. The summed E-state index contributed by atoms with van der Waals surface area (Å²) in [7, 11) is -1.11. The molecule has 2 unspecified atom stereocenters. The lowest BCUT2D eigenvalue weighted by Gasteiger charge is -2.34. The first-order valence-electron chi connectivity index (χ1n) is 9.36. The molecule has 2 saturated heterocycles. The second-order valence-corrected chi connectivity index (χ2v) is 9.98. The number of hydrogen-bond donors (Lipinski definition) is 2. The smallest absolute Gasteiger partial charge is 0.191 e. The van der Waals surface area contributed by atoms with Crippen LogP contribution in [0.25, 0.3) is 0 Å². The number of guanidine groups is 1. The van der Waals surface area contributed by atoms with Crippen molar-refractivity contribution >= 4 is 15.8 Å².